The van der Waals surface area contributed by atoms with Crippen molar-refractivity contribution in [2.75, 3.05) is 25.1 Å². The molecule has 0 bridgehead atoms. The molecule has 0 amide bonds. The number of carboxylic acids is 1. The smallest absolute Gasteiger partial charge is 0.307 e. The van der Waals surface area contributed by atoms with Gasteiger partial charge in [-0.15, -0.1) is 0 Å². The van der Waals surface area contributed by atoms with Crippen LogP contribution in [-0.2, 0) is 11.2 Å². The predicted octanol–water partition coefficient (Wildman–Crippen LogP) is 4.74. The first-order chi connectivity index (χ1) is 16.8. The van der Waals surface area contributed by atoms with Crippen molar-refractivity contribution >= 4 is 39.8 Å². The Labute approximate surface area is 204 Å². The van der Waals surface area contributed by atoms with E-state index in [1.807, 2.05) is 31.3 Å². The van der Waals surface area contributed by atoms with Gasteiger partial charge in [-0.25, -0.2) is 4.39 Å². The summed E-state index contributed by atoms with van der Waals surface area (Å²) in [4.78, 5) is 27.3. The largest absolute Gasteiger partial charge is 0.483 e. The van der Waals surface area contributed by atoms with Gasteiger partial charge >= 0.3 is 5.97 Å². The Kier molecular flexibility index (Phi) is 5.94. The average Bonchev–Trinajstić information content (AvgIpc) is 3.40. The number of para-hydroxylation sites is 2. The summed E-state index contributed by atoms with van der Waals surface area (Å²) in [5.74, 6) is -1.05. The van der Waals surface area contributed by atoms with E-state index in [1.165, 1.54) is 34.1 Å². The normalized spacial score (nSPS) is 15.1. The Balaban J connectivity index is 1.35. The molecule has 1 N–H and O–H groups in total. The number of carbonyl (C=O) groups is 2. The monoisotopic (exact) mass is 494 g/mol. The summed E-state index contributed by atoms with van der Waals surface area (Å²) >= 11 is 1.20. The summed E-state index contributed by atoms with van der Waals surface area (Å²) in [7, 11) is 2.00. The summed E-state index contributed by atoms with van der Waals surface area (Å²) in [6.07, 6.45) is -0.468. The van der Waals surface area contributed by atoms with Crippen LogP contribution >= 0.6 is 11.3 Å². The lowest BCUT2D eigenvalue weighted by molar-refractivity contribution is -0.136. The number of ether oxygens (including phenoxy) is 2. The number of benzene rings is 2. The third-order valence-corrected chi connectivity index (χ3v) is 7.06. The molecule has 9 heteroatoms. The molecule has 0 fully saturated rings. The lowest BCUT2D eigenvalue weighted by Crippen LogP contribution is -2.41. The van der Waals surface area contributed by atoms with E-state index in [-0.39, 0.29) is 18.4 Å². The molecule has 2 aromatic carbocycles. The molecule has 0 saturated heterocycles. The van der Waals surface area contributed by atoms with Gasteiger partial charge in [0.05, 0.1) is 29.0 Å². The Bertz CT molecular complexity index is 1440. The van der Waals surface area contributed by atoms with Crippen molar-refractivity contribution in [1.82, 2.24) is 4.57 Å². The van der Waals surface area contributed by atoms with E-state index < -0.39 is 11.8 Å². The van der Waals surface area contributed by atoms with Gasteiger partial charge in [-0.3, -0.25) is 14.2 Å². The van der Waals surface area contributed by atoms with Crippen molar-refractivity contribution in [2.45, 2.75) is 19.4 Å². The molecule has 0 radical (unpaired) electrons. The molecule has 0 spiro atoms. The van der Waals surface area contributed by atoms with Crippen LogP contribution in [0.2, 0.25) is 0 Å². The number of aromatic nitrogens is 1. The molecule has 5 rings (SSSR count). The standard InChI is InChI=1S/C26H23FN2O5S/c1-15-18(12-24(30)31)19-11-16(27)7-8-20(19)29(15)26(32)23-9-10-25(35-23)33-14-17-13-28(2)21-5-3-4-6-22(21)34-17/h3-11,17H,12-14H2,1-2H3,(H,30,31)/t17-/m0/s1. The van der Waals surface area contributed by atoms with Gasteiger partial charge in [-0.1, -0.05) is 23.5 Å². The highest BCUT2D eigenvalue weighted by Gasteiger charge is 2.25. The summed E-state index contributed by atoms with van der Waals surface area (Å²) in [5, 5.41) is 10.3. The van der Waals surface area contributed by atoms with Crippen molar-refractivity contribution in [1.29, 1.82) is 0 Å². The zero-order chi connectivity index (χ0) is 24.7. The van der Waals surface area contributed by atoms with E-state index in [4.69, 9.17) is 9.47 Å². The molecular formula is C26H23FN2O5S. The number of carbonyl (C=O) groups excluding carboxylic acids is 1. The second-order valence-corrected chi connectivity index (χ2v) is 9.50. The zero-order valence-corrected chi connectivity index (χ0v) is 20.0. The first kappa shape index (κ1) is 22.9. The van der Waals surface area contributed by atoms with Crippen LogP contribution in [-0.4, -0.2) is 47.9 Å². The minimum absolute atomic E-state index is 0.166. The van der Waals surface area contributed by atoms with Gasteiger partial charge in [0.1, 0.15) is 18.2 Å². The number of carboxylic acid groups (broad SMARTS) is 1. The quantitative estimate of drug-likeness (QED) is 0.417. The molecular weight excluding hydrogens is 471 g/mol. The number of fused-ring (bicyclic) bond motifs is 2. The lowest BCUT2D eigenvalue weighted by atomic mass is 10.1. The summed E-state index contributed by atoms with van der Waals surface area (Å²) in [5.41, 5.74) is 2.40. The van der Waals surface area contributed by atoms with E-state index >= 15 is 0 Å². The van der Waals surface area contributed by atoms with Gasteiger partial charge in [0.2, 0.25) is 0 Å². The molecule has 7 nitrogen and oxygen atoms in total. The van der Waals surface area contributed by atoms with Gasteiger partial charge in [-0.2, -0.15) is 0 Å². The summed E-state index contributed by atoms with van der Waals surface area (Å²) < 4.78 is 27.3. The minimum Gasteiger partial charge on any atom is -0.483 e. The fraction of sp³-hybridized carbons (Fsp3) is 0.231. The summed E-state index contributed by atoms with van der Waals surface area (Å²) in [6.45, 7) is 2.67. The lowest BCUT2D eigenvalue weighted by Gasteiger charge is -2.33. The van der Waals surface area contributed by atoms with Crippen LogP contribution in [0.4, 0.5) is 10.1 Å². The molecule has 2 aromatic heterocycles. The topological polar surface area (TPSA) is 81.0 Å². The van der Waals surface area contributed by atoms with E-state index in [2.05, 4.69) is 4.90 Å². The van der Waals surface area contributed by atoms with Crippen molar-refractivity contribution in [3.63, 3.8) is 0 Å². The molecule has 3 heterocycles. The number of hydrogen-bond donors (Lipinski definition) is 1. The molecule has 4 aromatic rings. The third kappa shape index (κ3) is 4.35. The number of aliphatic carboxylic acids is 1. The third-order valence-electron chi connectivity index (χ3n) is 6.08. The fourth-order valence-corrected chi connectivity index (χ4v) is 5.26. The highest BCUT2D eigenvalue weighted by atomic mass is 32.1. The van der Waals surface area contributed by atoms with Gasteiger partial charge in [0, 0.05) is 18.1 Å². The second kappa shape index (κ2) is 9.07. The van der Waals surface area contributed by atoms with Gasteiger partial charge in [0.15, 0.2) is 11.2 Å². The SMILES string of the molecule is Cc1c(CC(=O)O)c2cc(F)ccc2n1C(=O)c1ccc(OC[C@@H]2CN(C)c3ccccc3O2)s1. The van der Waals surface area contributed by atoms with Crippen molar-refractivity contribution in [2.24, 2.45) is 0 Å². The highest BCUT2D eigenvalue weighted by Crippen LogP contribution is 2.34. The van der Waals surface area contributed by atoms with Gasteiger partial charge in [0.25, 0.3) is 5.91 Å². The fourth-order valence-electron chi connectivity index (χ4n) is 4.47. The molecule has 0 saturated carbocycles. The van der Waals surface area contributed by atoms with Crippen LogP contribution in [0.3, 0.4) is 0 Å². The maximum Gasteiger partial charge on any atom is 0.307 e. The molecule has 1 atom stereocenters. The van der Waals surface area contributed by atoms with Crippen LogP contribution in [0.15, 0.2) is 54.6 Å². The molecule has 180 valence electrons. The molecule has 1 aliphatic rings. The van der Waals surface area contributed by atoms with Crippen LogP contribution in [0.1, 0.15) is 20.9 Å². The molecule has 0 aliphatic carbocycles. The van der Waals surface area contributed by atoms with Crippen molar-refractivity contribution < 1.29 is 28.6 Å². The van der Waals surface area contributed by atoms with Gasteiger partial charge < -0.3 is 19.5 Å². The van der Waals surface area contributed by atoms with Crippen LogP contribution in [0.25, 0.3) is 10.9 Å². The van der Waals surface area contributed by atoms with Crippen molar-refractivity contribution in [3.05, 3.63) is 76.5 Å². The molecule has 1 aliphatic heterocycles. The van der Waals surface area contributed by atoms with E-state index in [1.54, 1.807) is 19.1 Å². The van der Waals surface area contributed by atoms with E-state index in [9.17, 15) is 19.1 Å². The Morgan fingerprint density at radius 3 is 2.80 bits per heavy atom. The number of thiophene rings is 1. The van der Waals surface area contributed by atoms with E-state index in [0.29, 0.717) is 45.3 Å². The Hall–Kier alpha value is -3.85. The van der Waals surface area contributed by atoms with Crippen LogP contribution in [0.5, 0.6) is 10.8 Å². The van der Waals surface area contributed by atoms with Crippen LogP contribution in [0, 0.1) is 12.7 Å². The second-order valence-electron chi connectivity index (χ2n) is 8.45. The number of nitrogens with zero attached hydrogens (tertiary/aromatic N) is 2. The van der Waals surface area contributed by atoms with Gasteiger partial charge in [-0.05, 0) is 55.0 Å². The predicted molar refractivity (Wildman–Crippen MR) is 132 cm³/mol. The number of halogens is 1. The maximum absolute atomic E-state index is 13.9. The summed E-state index contributed by atoms with van der Waals surface area (Å²) in [6, 6.07) is 15.3. The Morgan fingerprint density at radius 1 is 1.20 bits per heavy atom. The molecule has 35 heavy (non-hydrogen) atoms. The van der Waals surface area contributed by atoms with E-state index in [0.717, 1.165) is 11.4 Å². The van der Waals surface area contributed by atoms with Crippen LogP contribution < -0.4 is 14.4 Å². The number of anilines is 1. The zero-order valence-electron chi connectivity index (χ0n) is 19.2. The minimum atomic E-state index is -1.05. The molecule has 0 unspecified atom stereocenters. The number of rotatable bonds is 6. The Morgan fingerprint density at radius 2 is 2.00 bits per heavy atom. The number of likely N-dealkylation sites (N-methyl/N-ethyl adjacent to an activating group) is 1. The average molecular weight is 495 g/mol. The number of hydrogen-bond acceptors (Lipinski definition) is 6. The first-order valence-electron chi connectivity index (χ1n) is 11.1. The first-order valence-corrected chi connectivity index (χ1v) is 11.9. The highest BCUT2D eigenvalue weighted by molar-refractivity contribution is 7.15. The maximum atomic E-state index is 13.9. The van der Waals surface area contributed by atoms with Crippen molar-refractivity contribution in [3.8, 4) is 10.8 Å².